The third-order valence-corrected chi connectivity index (χ3v) is 6.05. The van der Waals surface area contributed by atoms with E-state index >= 15 is 0 Å². The molecule has 0 aliphatic rings. The molecule has 0 aromatic carbocycles. The van der Waals surface area contributed by atoms with Crippen molar-refractivity contribution < 1.29 is 9.59 Å². The van der Waals surface area contributed by atoms with Crippen molar-refractivity contribution in [1.82, 2.24) is 20.3 Å². The summed E-state index contributed by atoms with van der Waals surface area (Å²) in [7, 11) is 0. The lowest BCUT2D eigenvalue weighted by Crippen LogP contribution is -2.34. The summed E-state index contributed by atoms with van der Waals surface area (Å²) in [5, 5.41) is 4.52. The van der Waals surface area contributed by atoms with Crippen molar-refractivity contribution in [3.8, 4) is 0 Å². The molecule has 1 amide bonds. The number of carbonyl (C=O) groups is 2. The molecule has 0 unspecified atom stereocenters. The Morgan fingerprint density at radius 2 is 1.96 bits per heavy atom. The highest BCUT2D eigenvalue weighted by Gasteiger charge is 2.21. The number of nitrogens with one attached hydrogen (secondary N) is 1. The number of thioether (sulfide) groups is 1. The minimum atomic E-state index is -0.431. The van der Waals surface area contributed by atoms with Crippen LogP contribution in [0.4, 0.5) is 0 Å². The van der Waals surface area contributed by atoms with E-state index in [1.165, 1.54) is 23.1 Å². The third kappa shape index (κ3) is 4.94. The maximum absolute atomic E-state index is 12.6. The van der Waals surface area contributed by atoms with Crippen molar-refractivity contribution in [2.75, 3.05) is 5.75 Å². The van der Waals surface area contributed by atoms with Gasteiger partial charge in [-0.25, -0.2) is 15.0 Å². The van der Waals surface area contributed by atoms with Crippen LogP contribution < -0.4 is 5.32 Å². The average Bonchev–Trinajstić information content (AvgIpc) is 3.12. The topological polar surface area (TPSA) is 84.8 Å². The quantitative estimate of drug-likeness (QED) is 0.372. The molecule has 0 saturated carbocycles. The number of thiophene rings is 1. The van der Waals surface area contributed by atoms with Gasteiger partial charge in [0.1, 0.15) is 10.9 Å². The summed E-state index contributed by atoms with van der Waals surface area (Å²) in [5.41, 5.74) is 0.206. The summed E-state index contributed by atoms with van der Waals surface area (Å²) < 4.78 is 0. The van der Waals surface area contributed by atoms with Crippen LogP contribution in [0, 0.1) is 12.3 Å². The second kappa shape index (κ2) is 8.36. The molecule has 0 radical (unpaired) electrons. The molecular formula is C20H22N4O2S2. The van der Waals surface area contributed by atoms with Crippen molar-refractivity contribution in [3.05, 3.63) is 46.0 Å². The number of pyridine rings is 1. The predicted octanol–water partition coefficient (Wildman–Crippen LogP) is 4.03. The summed E-state index contributed by atoms with van der Waals surface area (Å²) in [6, 6.07) is 7.46. The number of fused-ring (bicyclic) bond motifs is 1. The summed E-state index contributed by atoms with van der Waals surface area (Å²) in [5.74, 6) is 0.948. The Hall–Kier alpha value is -2.32. The van der Waals surface area contributed by atoms with Crippen molar-refractivity contribution in [2.45, 2.75) is 39.3 Å². The normalized spacial score (nSPS) is 11.6. The lowest BCUT2D eigenvalue weighted by atomic mass is 9.96. The molecule has 146 valence electrons. The monoisotopic (exact) mass is 414 g/mol. The van der Waals surface area contributed by atoms with E-state index in [-0.39, 0.29) is 17.4 Å². The van der Waals surface area contributed by atoms with Gasteiger partial charge in [-0.05, 0) is 31.2 Å². The van der Waals surface area contributed by atoms with E-state index in [1.54, 1.807) is 6.20 Å². The van der Waals surface area contributed by atoms with Crippen LogP contribution in [0.15, 0.2) is 35.5 Å². The van der Waals surface area contributed by atoms with Gasteiger partial charge in [-0.15, -0.1) is 11.3 Å². The highest BCUT2D eigenvalue weighted by atomic mass is 32.2. The van der Waals surface area contributed by atoms with Gasteiger partial charge < -0.3 is 5.32 Å². The number of aryl methyl sites for hydroxylation is 1. The van der Waals surface area contributed by atoms with E-state index in [1.807, 2.05) is 52.0 Å². The fourth-order valence-electron chi connectivity index (χ4n) is 2.41. The van der Waals surface area contributed by atoms with Gasteiger partial charge in [0.15, 0.2) is 11.4 Å². The molecule has 3 heterocycles. The first-order chi connectivity index (χ1) is 13.2. The third-order valence-electron chi connectivity index (χ3n) is 3.93. The molecular weight excluding hydrogens is 392 g/mol. The van der Waals surface area contributed by atoms with E-state index < -0.39 is 5.41 Å². The Bertz CT molecular complexity index is 1020. The van der Waals surface area contributed by atoms with Gasteiger partial charge >= 0.3 is 0 Å². The van der Waals surface area contributed by atoms with E-state index in [4.69, 9.17) is 0 Å². The number of aromatic nitrogens is 3. The molecule has 0 fully saturated rings. The molecule has 6 nitrogen and oxygen atoms in total. The molecule has 3 aromatic heterocycles. The number of rotatable bonds is 6. The molecule has 0 bridgehead atoms. The summed E-state index contributed by atoms with van der Waals surface area (Å²) in [6.07, 6.45) is 1.69. The highest BCUT2D eigenvalue weighted by Crippen LogP contribution is 2.26. The van der Waals surface area contributed by atoms with Crippen LogP contribution in [-0.4, -0.2) is 32.4 Å². The zero-order valence-corrected chi connectivity index (χ0v) is 17.9. The van der Waals surface area contributed by atoms with Crippen molar-refractivity contribution in [1.29, 1.82) is 0 Å². The maximum Gasteiger partial charge on any atom is 0.225 e. The fraction of sp³-hybridized carbons (Fsp3) is 0.350. The average molecular weight is 415 g/mol. The number of hydrogen-bond acceptors (Lipinski definition) is 7. The number of carbonyl (C=O) groups excluding carboxylic acids is 2. The number of hydrogen-bond donors (Lipinski definition) is 1. The van der Waals surface area contributed by atoms with E-state index in [9.17, 15) is 9.59 Å². The van der Waals surface area contributed by atoms with Crippen molar-refractivity contribution in [3.63, 3.8) is 0 Å². The molecule has 1 N–H and O–H groups in total. The predicted molar refractivity (Wildman–Crippen MR) is 113 cm³/mol. The SMILES string of the molecule is Cc1nc(SCC(=O)c2ccc(CNC(=O)C(C)(C)C)s2)c2cccnc2n1. The summed E-state index contributed by atoms with van der Waals surface area (Å²) in [4.78, 5) is 39.3. The second-order valence-corrected chi connectivity index (χ2v) is 9.49. The molecule has 8 heteroatoms. The van der Waals surface area contributed by atoms with Gasteiger partial charge in [-0.3, -0.25) is 9.59 Å². The molecule has 3 rings (SSSR count). The second-order valence-electron chi connectivity index (χ2n) is 7.36. The minimum Gasteiger partial charge on any atom is -0.351 e. The number of nitrogens with zero attached hydrogens (tertiary/aromatic N) is 3. The van der Waals surface area contributed by atoms with Crippen LogP contribution in [-0.2, 0) is 11.3 Å². The number of Topliss-reactive ketones (excluding diaryl/α,β-unsaturated/α-hetero) is 1. The van der Waals surface area contributed by atoms with Crippen LogP contribution in [0.2, 0.25) is 0 Å². The highest BCUT2D eigenvalue weighted by molar-refractivity contribution is 8.00. The van der Waals surface area contributed by atoms with Gasteiger partial charge in [0.25, 0.3) is 0 Å². The van der Waals surface area contributed by atoms with Gasteiger partial charge in [0, 0.05) is 16.5 Å². The molecule has 0 aliphatic heterocycles. The lowest BCUT2D eigenvalue weighted by molar-refractivity contribution is -0.128. The number of ketones is 1. The van der Waals surface area contributed by atoms with Gasteiger partial charge in [0.05, 0.1) is 22.6 Å². The van der Waals surface area contributed by atoms with Crippen molar-refractivity contribution in [2.24, 2.45) is 5.41 Å². The van der Waals surface area contributed by atoms with Crippen LogP contribution in [0.5, 0.6) is 0 Å². The molecule has 0 aliphatic carbocycles. The zero-order chi connectivity index (χ0) is 20.3. The van der Waals surface area contributed by atoms with Gasteiger partial charge in [-0.2, -0.15) is 0 Å². The van der Waals surface area contributed by atoms with E-state index in [0.717, 1.165) is 15.3 Å². The van der Waals surface area contributed by atoms with E-state index in [2.05, 4.69) is 20.3 Å². The lowest BCUT2D eigenvalue weighted by Gasteiger charge is -2.17. The Morgan fingerprint density at radius 1 is 1.18 bits per heavy atom. The molecule has 28 heavy (non-hydrogen) atoms. The zero-order valence-electron chi connectivity index (χ0n) is 16.3. The standard InChI is InChI=1S/C20H22N4O2S2/c1-12-23-17-14(6-5-9-21-17)18(24-12)27-11-15(25)16-8-7-13(28-16)10-22-19(26)20(2,3)4/h5-9H,10-11H2,1-4H3,(H,22,26). The van der Waals surface area contributed by atoms with Gasteiger partial charge in [0.2, 0.25) is 5.91 Å². The summed E-state index contributed by atoms with van der Waals surface area (Å²) in [6.45, 7) is 7.87. The first-order valence-corrected chi connectivity index (χ1v) is 10.7. The van der Waals surface area contributed by atoms with Gasteiger partial charge in [-0.1, -0.05) is 32.5 Å². The van der Waals surface area contributed by atoms with Crippen LogP contribution in [0.1, 0.15) is 41.1 Å². The summed E-state index contributed by atoms with van der Waals surface area (Å²) >= 11 is 2.81. The number of amides is 1. The maximum atomic E-state index is 12.6. The van der Waals surface area contributed by atoms with Crippen molar-refractivity contribution >= 4 is 45.8 Å². The Morgan fingerprint density at radius 3 is 2.71 bits per heavy atom. The molecule has 0 spiro atoms. The Labute approximate surface area is 172 Å². The fourth-order valence-corrected chi connectivity index (χ4v) is 4.32. The van der Waals surface area contributed by atoms with Crippen LogP contribution in [0.25, 0.3) is 11.0 Å². The first-order valence-electron chi connectivity index (χ1n) is 8.86. The molecule has 3 aromatic rings. The molecule has 0 saturated heterocycles. The van der Waals surface area contributed by atoms with Crippen LogP contribution >= 0.6 is 23.1 Å². The van der Waals surface area contributed by atoms with Crippen LogP contribution in [0.3, 0.4) is 0 Å². The first kappa shape index (κ1) is 20.4. The Balaban J connectivity index is 1.64. The molecule has 0 atom stereocenters. The Kier molecular flexibility index (Phi) is 6.10. The minimum absolute atomic E-state index is 0.0102. The van der Waals surface area contributed by atoms with E-state index in [0.29, 0.717) is 22.9 Å². The smallest absolute Gasteiger partial charge is 0.225 e. The largest absolute Gasteiger partial charge is 0.351 e.